The van der Waals surface area contributed by atoms with E-state index in [1.165, 1.54) is 0 Å². The first-order valence-corrected chi connectivity index (χ1v) is 7.54. The van der Waals surface area contributed by atoms with E-state index in [0.717, 1.165) is 0 Å². The van der Waals surface area contributed by atoms with E-state index < -0.39 is 26.5 Å². The van der Waals surface area contributed by atoms with Crippen molar-refractivity contribution in [1.82, 2.24) is 0 Å². The fraction of sp³-hybridized carbons (Fsp3) is 0.800. The highest BCUT2D eigenvalue weighted by molar-refractivity contribution is 7.51. The summed E-state index contributed by atoms with van der Waals surface area (Å²) >= 11 is 0. The first kappa shape index (κ1) is 17.9. The Morgan fingerprint density at radius 2 is 1.79 bits per heavy atom. The second kappa shape index (κ2) is 8.90. The van der Waals surface area contributed by atoms with Gasteiger partial charge in [0.2, 0.25) is 6.79 Å². The van der Waals surface area contributed by atoms with Crippen LogP contribution in [0.4, 0.5) is 4.79 Å². The third-order valence-electron chi connectivity index (χ3n) is 1.81. The quantitative estimate of drug-likeness (QED) is 0.298. The van der Waals surface area contributed by atoms with E-state index in [4.69, 9.17) is 9.79 Å². The van der Waals surface area contributed by atoms with Crippen molar-refractivity contribution in [1.29, 1.82) is 0 Å². The Bertz CT molecular complexity index is 334. The van der Waals surface area contributed by atoms with Gasteiger partial charge in [0.05, 0.1) is 6.10 Å². The topological polar surface area (TPSA) is 119 Å². The number of carbonyl (C=O) groups is 2. The van der Waals surface area contributed by atoms with E-state index in [1.54, 1.807) is 13.8 Å². The van der Waals surface area contributed by atoms with E-state index in [1.807, 2.05) is 0 Å². The maximum atomic E-state index is 11.1. The number of hydrogen-bond acceptors (Lipinski definition) is 6. The third kappa shape index (κ3) is 13.1. The van der Waals surface area contributed by atoms with Gasteiger partial charge in [-0.05, 0) is 26.7 Å². The van der Waals surface area contributed by atoms with Crippen LogP contribution in [0.1, 0.15) is 33.1 Å². The van der Waals surface area contributed by atoms with Crippen LogP contribution >= 0.6 is 7.60 Å². The molecule has 19 heavy (non-hydrogen) atoms. The Hall–Kier alpha value is -1.11. The van der Waals surface area contributed by atoms with E-state index >= 15 is 0 Å². The molecule has 0 aromatic carbocycles. The molecule has 0 spiro atoms. The summed E-state index contributed by atoms with van der Waals surface area (Å²) in [5, 5.41) is 0. The molecule has 9 heteroatoms. The molecule has 0 unspecified atom stereocenters. The predicted molar refractivity (Wildman–Crippen MR) is 64.4 cm³/mol. The van der Waals surface area contributed by atoms with Crippen molar-refractivity contribution in [3.8, 4) is 0 Å². The van der Waals surface area contributed by atoms with Crippen LogP contribution in [0.25, 0.3) is 0 Å². The van der Waals surface area contributed by atoms with Crippen LogP contribution in [-0.4, -0.2) is 41.0 Å². The minimum Gasteiger partial charge on any atom is -0.431 e. The monoisotopic (exact) mass is 298 g/mol. The summed E-state index contributed by atoms with van der Waals surface area (Å²) < 4.78 is 24.2. The normalized spacial score (nSPS) is 11.2. The van der Waals surface area contributed by atoms with Crippen molar-refractivity contribution in [2.24, 2.45) is 0 Å². The van der Waals surface area contributed by atoms with Crippen molar-refractivity contribution in [2.75, 3.05) is 13.0 Å². The molecule has 0 saturated carbocycles. The lowest BCUT2D eigenvalue weighted by atomic mass is 10.2. The molecule has 0 bridgehead atoms. The summed E-state index contributed by atoms with van der Waals surface area (Å²) in [5.74, 6) is -0.608. The summed E-state index contributed by atoms with van der Waals surface area (Å²) in [6, 6.07) is 0. The molecule has 0 fully saturated rings. The number of carbonyl (C=O) groups excluding carboxylic acids is 2. The van der Waals surface area contributed by atoms with Gasteiger partial charge in [-0.3, -0.25) is 9.36 Å². The summed E-state index contributed by atoms with van der Waals surface area (Å²) in [7, 11) is -4.01. The minimum atomic E-state index is -4.01. The molecule has 0 heterocycles. The molecule has 0 saturated heterocycles. The average Bonchev–Trinajstić information content (AvgIpc) is 2.22. The fourth-order valence-corrected chi connectivity index (χ4v) is 1.66. The molecule has 0 aliphatic rings. The molecule has 112 valence electrons. The lowest BCUT2D eigenvalue weighted by Gasteiger charge is -2.09. The number of rotatable bonds is 8. The van der Waals surface area contributed by atoms with E-state index in [-0.39, 0.29) is 25.1 Å². The minimum absolute atomic E-state index is 0.00257. The molecule has 0 aliphatic carbocycles. The Morgan fingerprint density at radius 3 is 2.32 bits per heavy atom. The van der Waals surface area contributed by atoms with Gasteiger partial charge in [-0.2, -0.15) is 0 Å². The molecule has 0 radical (unpaired) electrons. The Kier molecular flexibility index (Phi) is 8.38. The zero-order valence-corrected chi connectivity index (χ0v) is 11.8. The van der Waals surface area contributed by atoms with Crippen LogP contribution in [0.3, 0.4) is 0 Å². The molecular formula is C10H19O8P. The zero-order valence-electron chi connectivity index (χ0n) is 10.9. The SMILES string of the molecule is CC(C)OC(=O)OCOC(=O)CCCCP(=O)(O)O. The number of ether oxygens (including phenoxy) is 3. The van der Waals surface area contributed by atoms with Crippen LogP contribution in [0, 0.1) is 0 Å². The molecule has 0 aliphatic heterocycles. The molecule has 0 amide bonds. The Morgan fingerprint density at radius 1 is 1.16 bits per heavy atom. The maximum absolute atomic E-state index is 11.1. The molecule has 2 N–H and O–H groups in total. The second-order valence-electron chi connectivity index (χ2n) is 4.04. The van der Waals surface area contributed by atoms with Gasteiger partial charge < -0.3 is 24.0 Å². The highest BCUT2D eigenvalue weighted by Gasteiger charge is 2.13. The largest absolute Gasteiger partial charge is 0.511 e. The summed E-state index contributed by atoms with van der Waals surface area (Å²) in [6.45, 7) is 2.76. The van der Waals surface area contributed by atoms with Gasteiger partial charge >= 0.3 is 19.7 Å². The number of hydrogen-bond donors (Lipinski definition) is 2. The molecule has 0 aromatic rings. The van der Waals surface area contributed by atoms with Gasteiger partial charge in [-0.25, -0.2) is 4.79 Å². The van der Waals surface area contributed by atoms with Crippen LogP contribution in [-0.2, 0) is 23.6 Å². The standard InChI is InChI=1S/C10H19O8P/c1-8(2)18-10(12)17-7-16-9(11)5-3-4-6-19(13,14)15/h8H,3-7H2,1-2H3,(H2,13,14,15). The van der Waals surface area contributed by atoms with Crippen molar-refractivity contribution < 1.29 is 38.2 Å². The number of esters is 1. The van der Waals surface area contributed by atoms with Gasteiger partial charge in [0.15, 0.2) is 0 Å². The van der Waals surface area contributed by atoms with E-state index in [0.29, 0.717) is 6.42 Å². The van der Waals surface area contributed by atoms with Crippen LogP contribution in [0.15, 0.2) is 0 Å². The summed E-state index contributed by atoms with van der Waals surface area (Å²) in [4.78, 5) is 39.2. The smallest absolute Gasteiger partial charge is 0.431 e. The average molecular weight is 298 g/mol. The summed E-state index contributed by atoms with van der Waals surface area (Å²) in [5.41, 5.74) is 0. The lowest BCUT2D eigenvalue weighted by molar-refractivity contribution is -0.153. The van der Waals surface area contributed by atoms with Crippen molar-refractivity contribution >= 4 is 19.7 Å². The maximum Gasteiger partial charge on any atom is 0.511 e. The Labute approximate surface area is 111 Å². The molecule has 0 atom stereocenters. The molecule has 8 nitrogen and oxygen atoms in total. The van der Waals surface area contributed by atoms with Crippen LogP contribution in [0.5, 0.6) is 0 Å². The molecule has 0 aromatic heterocycles. The second-order valence-corrected chi connectivity index (χ2v) is 5.82. The van der Waals surface area contributed by atoms with Gasteiger partial charge in [0.1, 0.15) is 0 Å². The highest BCUT2D eigenvalue weighted by atomic mass is 31.2. The third-order valence-corrected chi connectivity index (χ3v) is 2.71. The first-order valence-electron chi connectivity index (χ1n) is 5.74. The van der Waals surface area contributed by atoms with Gasteiger partial charge in [-0.1, -0.05) is 0 Å². The van der Waals surface area contributed by atoms with E-state index in [2.05, 4.69) is 14.2 Å². The van der Waals surface area contributed by atoms with Gasteiger partial charge in [0, 0.05) is 12.6 Å². The zero-order chi connectivity index (χ0) is 14.9. The highest BCUT2D eigenvalue weighted by Crippen LogP contribution is 2.35. The Balaban J connectivity index is 3.55. The van der Waals surface area contributed by atoms with Gasteiger partial charge in [0.25, 0.3) is 0 Å². The predicted octanol–water partition coefficient (Wildman–Crippen LogP) is 1.40. The lowest BCUT2D eigenvalue weighted by Crippen LogP contribution is -2.16. The number of unbranched alkanes of at least 4 members (excludes halogenated alkanes) is 1. The van der Waals surface area contributed by atoms with Crippen molar-refractivity contribution in [3.63, 3.8) is 0 Å². The first-order chi connectivity index (χ1) is 8.70. The fourth-order valence-electron chi connectivity index (χ4n) is 1.03. The van der Waals surface area contributed by atoms with Crippen molar-refractivity contribution in [3.05, 3.63) is 0 Å². The van der Waals surface area contributed by atoms with E-state index in [9.17, 15) is 14.2 Å². The van der Waals surface area contributed by atoms with Crippen molar-refractivity contribution in [2.45, 2.75) is 39.2 Å². The van der Waals surface area contributed by atoms with Gasteiger partial charge in [-0.15, -0.1) is 0 Å². The molecular weight excluding hydrogens is 279 g/mol. The van der Waals surface area contributed by atoms with Crippen LogP contribution in [0.2, 0.25) is 0 Å². The molecule has 0 rings (SSSR count). The summed E-state index contributed by atoms with van der Waals surface area (Å²) in [6.07, 6.45) is -1.00. The van der Waals surface area contributed by atoms with Crippen LogP contribution < -0.4 is 0 Å².